The quantitative estimate of drug-likeness (QED) is 0.551. The molecule has 0 atom stereocenters. The van der Waals surface area contributed by atoms with Gasteiger partial charge < -0.3 is 16.0 Å². The van der Waals surface area contributed by atoms with Crippen LogP contribution in [0.5, 0.6) is 0 Å². The van der Waals surface area contributed by atoms with Crippen molar-refractivity contribution in [3.63, 3.8) is 0 Å². The van der Waals surface area contributed by atoms with Crippen molar-refractivity contribution >= 4 is 55.7 Å². The second-order valence-corrected chi connectivity index (χ2v) is 9.81. The molecule has 8 heteroatoms. The fourth-order valence-corrected chi connectivity index (χ4v) is 3.73. The largest absolute Gasteiger partial charge is 0.351 e. The van der Waals surface area contributed by atoms with Crippen molar-refractivity contribution in [1.29, 1.82) is 0 Å². The van der Waals surface area contributed by atoms with Gasteiger partial charge in [0.05, 0.1) is 9.88 Å². The van der Waals surface area contributed by atoms with E-state index in [1.54, 1.807) is 6.07 Å². The first-order valence-corrected chi connectivity index (χ1v) is 10.8. The van der Waals surface area contributed by atoms with Gasteiger partial charge >= 0.3 is 0 Å². The average molecular weight is 480 g/mol. The van der Waals surface area contributed by atoms with Crippen LogP contribution in [0.15, 0.2) is 28.7 Å². The van der Waals surface area contributed by atoms with Gasteiger partial charge in [0.1, 0.15) is 0 Å². The van der Waals surface area contributed by atoms with E-state index in [1.807, 2.05) is 52.8 Å². The number of thiophene rings is 1. The fourth-order valence-electron chi connectivity index (χ4n) is 2.38. The fraction of sp³-hybridized carbons (Fsp3) is 0.381. The highest BCUT2D eigenvalue weighted by Gasteiger charge is 2.23. The zero-order valence-electron chi connectivity index (χ0n) is 17.2. The second kappa shape index (κ2) is 9.54. The van der Waals surface area contributed by atoms with E-state index in [9.17, 15) is 14.4 Å². The number of hydrogen-bond acceptors (Lipinski definition) is 4. The second-order valence-electron chi connectivity index (χ2n) is 7.84. The smallest absolute Gasteiger partial charge is 0.261 e. The minimum absolute atomic E-state index is 0.106. The van der Waals surface area contributed by atoms with E-state index in [2.05, 4.69) is 31.9 Å². The molecule has 2 rings (SSSR count). The van der Waals surface area contributed by atoms with Gasteiger partial charge in [0, 0.05) is 28.5 Å². The van der Waals surface area contributed by atoms with E-state index >= 15 is 0 Å². The van der Waals surface area contributed by atoms with Crippen LogP contribution in [0.1, 0.15) is 48.0 Å². The number of hydrogen-bond donors (Lipinski definition) is 3. The highest BCUT2D eigenvalue weighted by atomic mass is 79.9. The molecule has 0 aliphatic heterocycles. The third kappa shape index (κ3) is 6.68. The predicted octanol–water partition coefficient (Wildman–Crippen LogP) is 4.87. The summed E-state index contributed by atoms with van der Waals surface area (Å²) in [5.74, 6) is -0.534. The maximum Gasteiger partial charge on any atom is 0.261 e. The van der Waals surface area contributed by atoms with Crippen LogP contribution in [0.3, 0.4) is 0 Å². The lowest BCUT2D eigenvalue weighted by Crippen LogP contribution is -2.27. The van der Waals surface area contributed by atoms with E-state index in [0.29, 0.717) is 9.88 Å². The number of amides is 3. The maximum absolute atomic E-state index is 12.4. The molecule has 3 amide bonds. The molecule has 0 spiro atoms. The highest BCUT2D eigenvalue weighted by Crippen LogP contribution is 2.28. The summed E-state index contributed by atoms with van der Waals surface area (Å²) in [6.07, 6.45) is 0.162. The molecule has 0 fully saturated rings. The summed E-state index contributed by atoms with van der Waals surface area (Å²) in [5.41, 5.74) is 1.97. The summed E-state index contributed by atoms with van der Waals surface area (Å²) in [6, 6.07) is 7.45. The Morgan fingerprint density at radius 2 is 1.72 bits per heavy atom. The first-order valence-electron chi connectivity index (χ1n) is 9.23. The Morgan fingerprint density at radius 3 is 2.38 bits per heavy atom. The van der Waals surface area contributed by atoms with E-state index in [1.165, 1.54) is 11.3 Å². The van der Waals surface area contributed by atoms with Gasteiger partial charge in [-0.15, -0.1) is 11.3 Å². The van der Waals surface area contributed by atoms with Gasteiger partial charge in [-0.1, -0.05) is 42.8 Å². The Bertz CT molecular complexity index is 932. The molecule has 0 radical (unpaired) electrons. The lowest BCUT2D eigenvalue weighted by Gasteiger charge is -2.16. The number of carbonyl (C=O) groups is 3. The maximum atomic E-state index is 12.4. The number of nitrogens with one attached hydrogen (secondary N) is 3. The number of halogens is 1. The summed E-state index contributed by atoms with van der Waals surface area (Å²) in [4.78, 5) is 37.2. The standard InChI is InChI=1S/C21H26BrN3O3S/c1-12-6-7-14(22)11-15(12)24-16(26)8-9-23-19(27)18-13(2)10-17(29-18)25-20(28)21(3,4)5/h6-7,10-11H,8-9H2,1-5H3,(H,23,27)(H,24,26)(H,25,28). The molecule has 1 aromatic heterocycles. The highest BCUT2D eigenvalue weighted by molar-refractivity contribution is 9.10. The van der Waals surface area contributed by atoms with Gasteiger partial charge in [0.15, 0.2) is 0 Å². The minimum Gasteiger partial charge on any atom is -0.351 e. The molecule has 0 aliphatic rings. The number of benzene rings is 1. The average Bonchev–Trinajstić information content (AvgIpc) is 2.97. The first kappa shape index (κ1) is 23.1. The molecule has 156 valence electrons. The molecule has 0 saturated carbocycles. The van der Waals surface area contributed by atoms with E-state index in [0.717, 1.165) is 21.3 Å². The van der Waals surface area contributed by atoms with Crippen LogP contribution in [0.4, 0.5) is 10.7 Å². The molecule has 29 heavy (non-hydrogen) atoms. The summed E-state index contributed by atoms with van der Waals surface area (Å²) in [6.45, 7) is 9.45. The van der Waals surface area contributed by atoms with Crippen molar-refractivity contribution in [2.45, 2.75) is 41.0 Å². The van der Waals surface area contributed by atoms with Gasteiger partial charge in [0.2, 0.25) is 11.8 Å². The van der Waals surface area contributed by atoms with Gasteiger partial charge in [-0.25, -0.2) is 0 Å². The van der Waals surface area contributed by atoms with Gasteiger partial charge in [-0.2, -0.15) is 0 Å². The summed E-state index contributed by atoms with van der Waals surface area (Å²) in [5, 5.41) is 9.09. The van der Waals surface area contributed by atoms with E-state index in [4.69, 9.17) is 0 Å². The molecule has 3 N–H and O–H groups in total. The molecule has 0 bridgehead atoms. The van der Waals surface area contributed by atoms with Gasteiger partial charge in [-0.3, -0.25) is 14.4 Å². The number of carbonyl (C=O) groups excluding carboxylic acids is 3. The van der Waals surface area contributed by atoms with Crippen LogP contribution in [0.2, 0.25) is 0 Å². The zero-order valence-corrected chi connectivity index (χ0v) is 19.6. The van der Waals surface area contributed by atoms with Crippen molar-refractivity contribution in [1.82, 2.24) is 5.32 Å². The lowest BCUT2D eigenvalue weighted by atomic mass is 9.96. The monoisotopic (exact) mass is 479 g/mol. The summed E-state index contributed by atoms with van der Waals surface area (Å²) < 4.78 is 0.884. The SMILES string of the molecule is Cc1ccc(Br)cc1NC(=O)CCNC(=O)c1sc(NC(=O)C(C)(C)C)cc1C. The lowest BCUT2D eigenvalue weighted by molar-refractivity contribution is -0.123. The number of aryl methyl sites for hydroxylation is 2. The van der Waals surface area contributed by atoms with Gasteiger partial charge in [0.25, 0.3) is 5.91 Å². The molecule has 1 heterocycles. The minimum atomic E-state index is -0.514. The molecular weight excluding hydrogens is 454 g/mol. The predicted molar refractivity (Wildman–Crippen MR) is 122 cm³/mol. The third-order valence-corrected chi connectivity index (χ3v) is 5.80. The van der Waals surface area contributed by atoms with Gasteiger partial charge in [-0.05, 0) is 43.2 Å². The Morgan fingerprint density at radius 1 is 1.03 bits per heavy atom. The molecule has 6 nitrogen and oxygen atoms in total. The Labute approximate surface area is 183 Å². The molecule has 0 saturated heterocycles. The van der Waals surface area contributed by atoms with Crippen LogP contribution in [0.25, 0.3) is 0 Å². The Kier molecular flexibility index (Phi) is 7.60. The summed E-state index contributed by atoms with van der Waals surface area (Å²) >= 11 is 4.61. The summed E-state index contributed by atoms with van der Waals surface area (Å²) in [7, 11) is 0. The third-order valence-electron chi connectivity index (χ3n) is 4.15. The van der Waals surface area contributed by atoms with Crippen molar-refractivity contribution < 1.29 is 14.4 Å². The molecule has 0 aliphatic carbocycles. The zero-order chi connectivity index (χ0) is 21.8. The van der Waals surface area contributed by atoms with Crippen LogP contribution in [-0.4, -0.2) is 24.3 Å². The first-order chi connectivity index (χ1) is 13.5. The van der Waals surface area contributed by atoms with E-state index in [-0.39, 0.29) is 30.7 Å². The Balaban J connectivity index is 1.88. The molecular formula is C21H26BrN3O3S. The van der Waals surface area contributed by atoms with Crippen LogP contribution < -0.4 is 16.0 Å². The molecule has 0 unspecified atom stereocenters. The van der Waals surface area contributed by atoms with E-state index < -0.39 is 5.41 Å². The van der Waals surface area contributed by atoms with Crippen LogP contribution in [0, 0.1) is 19.3 Å². The number of rotatable bonds is 6. The normalized spacial score (nSPS) is 11.1. The van der Waals surface area contributed by atoms with Crippen molar-refractivity contribution in [3.05, 3.63) is 44.7 Å². The van der Waals surface area contributed by atoms with Crippen molar-refractivity contribution in [2.75, 3.05) is 17.2 Å². The number of anilines is 2. The molecule has 1 aromatic carbocycles. The van der Waals surface area contributed by atoms with Crippen molar-refractivity contribution in [2.24, 2.45) is 5.41 Å². The van der Waals surface area contributed by atoms with Crippen molar-refractivity contribution in [3.8, 4) is 0 Å². The van der Waals surface area contributed by atoms with Crippen LogP contribution >= 0.6 is 27.3 Å². The topological polar surface area (TPSA) is 87.3 Å². The Hall–Kier alpha value is -2.19. The van der Waals surface area contributed by atoms with Crippen LogP contribution in [-0.2, 0) is 9.59 Å². The molecule has 2 aromatic rings.